The van der Waals surface area contributed by atoms with E-state index in [0.29, 0.717) is 24.9 Å². The van der Waals surface area contributed by atoms with Crippen molar-refractivity contribution in [2.75, 3.05) is 32.7 Å². The summed E-state index contributed by atoms with van der Waals surface area (Å²) >= 11 is 0. The molecule has 0 radical (unpaired) electrons. The Morgan fingerprint density at radius 2 is 1.81 bits per heavy atom. The summed E-state index contributed by atoms with van der Waals surface area (Å²) in [4.78, 5) is 17.4. The Morgan fingerprint density at radius 1 is 1.08 bits per heavy atom. The van der Waals surface area contributed by atoms with Crippen LogP contribution in [0.1, 0.15) is 57.7 Å². The van der Waals surface area contributed by atoms with Gasteiger partial charge in [0, 0.05) is 44.2 Å². The number of nitrogens with one attached hydrogen (secondary N) is 1. The molecule has 2 aromatic rings. The van der Waals surface area contributed by atoms with Gasteiger partial charge in [0.15, 0.2) is 0 Å². The third kappa shape index (κ3) is 7.53. The zero-order valence-corrected chi connectivity index (χ0v) is 22.3. The molecule has 2 fully saturated rings. The lowest BCUT2D eigenvalue weighted by molar-refractivity contribution is 0.0281. The minimum absolute atomic E-state index is 0.178. The summed E-state index contributed by atoms with van der Waals surface area (Å²) in [6, 6.07) is 17.8. The van der Waals surface area contributed by atoms with Gasteiger partial charge >= 0.3 is 6.09 Å². The molecule has 5 nitrogen and oxygen atoms in total. The second-order valence-electron chi connectivity index (χ2n) is 11.6. The highest BCUT2D eigenvalue weighted by atomic mass is 19.1. The number of benzene rings is 2. The number of rotatable bonds is 7. The number of hydrogen-bond acceptors (Lipinski definition) is 4. The lowest BCUT2D eigenvalue weighted by atomic mass is 9.90. The Balaban J connectivity index is 1.41. The van der Waals surface area contributed by atoms with Crippen LogP contribution in [0.2, 0.25) is 0 Å². The van der Waals surface area contributed by atoms with E-state index in [2.05, 4.69) is 41.4 Å². The van der Waals surface area contributed by atoms with E-state index in [9.17, 15) is 9.18 Å². The molecule has 1 N–H and O–H groups in total. The van der Waals surface area contributed by atoms with Crippen molar-refractivity contribution in [3.8, 4) is 0 Å². The molecule has 6 heteroatoms. The molecule has 196 valence electrons. The number of hydrogen-bond donors (Lipinski definition) is 1. The van der Waals surface area contributed by atoms with Crippen LogP contribution in [-0.2, 0) is 11.2 Å². The van der Waals surface area contributed by atoms with E-state index in [-0.39, 0.29) is 24.0 Å². The molecule has 2 aliphatic heterocycles. The van der Waals surface area contributed by atoms with Gasteiger partial charge in [-0.05, 0) is 82.7 Å². The van der Waals surface area contributed by atoms with Gasteiger partial charge < -0.3 is 19.9 Å². The summed E-state index contributed by atoms with van der Waals surface area (Å²) < 4.78 is 19.0. The molecule has 0 spiro atoms. The van der Waals surface area contributed by atoms with E-state index >= 15 is 0 Å². The maximum Gasteiger partial charge on any atom is 0.410 e. The molecular weight excluding hydrogens is 453 g/mol. The van der Waals surface area contributed by atoms with Crippen molar-refractivity contribution in [2.45, 2.75) is 64.6 Å². The SMILES string of the molecule is C[C@@H](N[C@@H]1CN(C(=O)OC(C)(C)C)C[C@@H]1CN1CCC[C@@H](Cc2ccc(F)cc2)C1)c1ccccc1. The zero-order valence-electron chi connectivity index (χ0n) is 22.3. The molecule has 36 heavy (non-hydrogen) atoms. The van der Waals surface area contributed by atoms with Crippen LogP contribution in [0.5, 0.6) is 0 Å². The molecule has 0 aliphatic carbocycles. The fourth-order valence-corrected chi connectivity index (χ4v) is 5.65. The average Bonchev–Trinajstić information content (AvgIpc) is 3.22. The second-order valence-corrected chi connectivity index (χ2v) is 11.6. The number of likely N-dealkylation sites (tertiary alicyclic amines) is 2. The maximum absolute atomic E-state index is 13.3. The van der Waals surface area contributed by atoms with Crippen molar-refractivity contribution in [2.24, 2.45) is 11.8 Å². The fourth-order valence-electron chi connectivity index (χ4n) is 5.65. The fraction of sp³-hybridized carbons (Fsp3) is 0.567. The normalized spacial score (nSPS) is 24.0. The first-order valence-electron chi connectivity index (χ1n) is 13.4. The predicted octanol–water partition coefficient (Wildman–Crippen LogP) is 5.67. The molecule has 1 amide bonds. The minimum atomic E-state index is -0.504. The van der Waals surface area contributed by atoms with Gasteiger partial charge in [0.05, 0.1) is 0 Å². The molecule has 4 atom stereocenters. The van der Waals surface area contributed by atoms with Crippen LogP contribution in [0.15, 0.2) is 54.6 Å². The number of ether oxygens (including phenoxy) is 1. The van der Waals surface area contributed by atoms with Crippen molar-refractivity contribution in [3.63, 3.8) is 0 Å². The van der Waals surface area contributed by atoms with Gasteiger partial charge in [0.25, 0.3) is 0 Å². The number of piperidine rings is 1. The first-order valence-corrected chi connectivity index (χ1v) is 13.4. The topological polar surface area (TPSA) is 44.8 Å². The number of amides is 1. The maximum atomic E-state index is 13.3. The molecular formula is C30H42FN3O2. The van der Waals surface area contributed by atoms with Gasteiger partial charge in [0.1, 0.15) is 11.4 Å². The predicted molar refractivity (Wildman–Crippen MR) is 142 cm³/mol. The molecule has 0 unspecified atom stereocenters. The highest BCUT2D eigenvalue weighted by Gasteiger charge is 2.39. The first kappa shape index (κ1) is 26.6. The van der Waals surface area contributed by atoms with Crippen LogP contribution >= 0.6 is 0 Å². The van der Waals surface area contributed by atoms with Crippen LogP contribution < -0.4 is 5.32 Å². The molecule has 2 saturated heterocycles. The minimum Gasteiger partial charge on any atom is -0.444 e. The summed E-state index contributed by atoms with van der Waals surface area (Å²) in [5.74, 6) is 0.721. The summed E-state index contributed by atoms with van der Waals surface area (Å²) in [5, 5.41) is 3.83. The van der Waals surface area contributed by atoms with Crippen LogP contribution in [0.4, 0.5) is 9.18 Å². The van der Waals surface area contributed by atoms with E-state index in [1.807, 2.05) is 43.9 Å². The van der Waals surface area contributed by atoms with Crippen molar-refractivity contribution in [1.82, 2.24) is 15.1 Å². The zero-order chi connectivity index (χ0) is 25.7. The molecule has 0 bridgehead atoms. The summed E-state index contributed by atoms with van der Waals surface area (Å²) in [6.07, 6.45) is 3.14. The lowest BCUT2D eigenvalue weighted by Crippen LogP contribution is -2.45. The van der Waals surface area contributed by atoms with E-state index in [1.165, 1.54) is 24.0 Å². The molecule has 0 saturated carbocycles. The average molecular weight is 496 g/mol. The first-order chi connectivity index (χ1) is 17.2. The van der Waals surface area contributed by atoms with Crippen LogP contribution in [0.3, 0.4) is 0 Å². The number of carbonyl (C=O) groups excluding carboxylic acids is 1. The standard InChI is InChI=1S/C30H42FN3O2/c1-22(25-10-6-5-7-11-25)32-28-21-34(29(35)36-30(2,3)4)20-26(28)19-33-16-8-9-24(18-33)17-23-12-14-27(31)15-13-23/h5-7,10-15,22,24,26,28,32H,8-9,16-21H2,1-4H3/t22-,24+,26+,28-/m1/s1. The molecule has 2 aliphatic rings. The summed E-state index contributed by atoms with van der Waals surface area (Å²) in [5.41, 5.74) is 1.95. The van der Waals surface area contributed by atoms with Crippen molar-refractivity contribution < 1.29 is 13.9 Å². The third-order valence-corrected chi connectivity index (χ3v) is 7.39. The number of halogens is 1. The van der Waals surface area contributed by atoms with Crippen LogP contribution in [-0.4, -0.2) is 60.3 Å². The van der Waals surface area contributed by atoms with Gasteiger partial charge in [-0.2, -0.15) is 0 Å². The largest absolute Gasteiger partial charge is 0.444 e. The van der Waals surface area contributed by atoms with Crippen LogP contribution in [0, 0.1) is 17.7 Å². The van der Waals surface area contributed by atoms with E-state index in [1.54, 1.807) is 12.1 Å². The van der Waals surface area contributed by atoms with Crippen molar-refractivity contribution >= 4 is 6.09 Å². The summed E-state index contributed by atoms with van der Waals surface area (Å²) in [6.45, 7) is 12.4. The Hall–Kier alpha value is -2.44. The van der Waals surface area contributed by atoms with Crippen LogP contribution in [0.25, 0.3) is 0 Å². The Bertz CT molecular complexity index is 976. The van der Waals surface area contributed by atoms with Gasteiger partial charge in [0.2, 0.25) is 0 Å². The Kier molecular flexibility index (Phi) is 8.68. The molecule has 2 heterocycles. The highest BCUT2D eigenvalue weighted by Crippen LogP contribution is 2.27. The van der Waals surface area contributed by atoms with Gasteiger partial charge in [-0.3, -0.25) is 0 Å². The van der Waals surface area contributed by atoms with Crippen molar-refractivity contribution in [1.29, 1.82) is 0 Å². The third-order valence-electron chi connectivity index (χ3n) is 7.39. The molecule has 4 rings (SSSR count). The molecule has 0 aromatic heterocycles. The smallest absolute Gasteiger partial charge is 0.410 e. The second kappa shape index (κ2) is 11.7. The number of nitrogens with zero attached hydrogens (tertiary/aromatic N) is 2. The highest BCUT2D eigenvalue weighted by molar-refractivity contribution is 5.68. The van der Waals surface area contributed by atoms with Gasteiger partial charge in [-0.25, -0.2) is 9.18 Å². The van der Waals surface area contributed by atoms with Gasteiger partial charge in [-0.1, -0.05) is 42.5 Å². The van der Waals surface area contributed by atoms with Crippen molar-refractivity contribution in [3.05, 3.63) is 71.5 Å². The van der Waals surface area contributed by atoms with E-state index in [0.717, 1.165) is 26.1 Å². The Labute approximate surface area is 216 Å². The van der Waals surface area contributed by atoms with E-state index in [4.69, 9.17) is 4.74 Å². The van der Waals surface area contributed by atoms with Gasteiger partial charge in [-0.15, -0.1) is 0 Å². The lowest BCUT2D eigenvalue weighted by Gasteiger charge is -2.36. The molecule has 2 aromatic carbocycles. The number of carbonyl (C=O) groups is 1. The monoisotopic (exact) mass is 495 g/mol. The van der Waals surface area contributed by atoms with E-state index < -0.39 is 5.60 Å². The Morgan fingerprint density at radius 3 is 2.50 bits per heavy atom. The quantitative estimate of drug-likeness (QED) is 0.538. The summed E-state index contributed by atoms with van der Waals surface area (Å²) in [7, 11) is 0.